The fraction of sp³-hybridized carbons (Fsp3) is 0.192. The van der Waals surface area contributed by atoms with Crippen molar-refractivity contribution < 1.29 is 24.1 Å². The van der Waals surface area contributed by atoms with Crippen molar-refractivity contribution in [1.82, 2.24) is 19.5 Å². The van der Waals surface area contributed by atoms with Crippen LogP contribution in [0, 0.1) is 5.92 Å². The first-order valence-electron chi connectivity index (χ1n) is 21.1. The standard InChI is InChI=1S/C52H47N5O6/c1-35(2)47(59)55-50-54-46-43(48(60)56-50)53-34-57(46)49-44(58)45(63-52(39-27-15-6-16-28-39,40-29-17-7-18-30-40)41-31-19-8-20-32-41)42(62-49)33-61-51(36-21-9-3-10-22-36,37-23-11-4-12-24-37)38-25-13-5-14-26-38/h3-32,34-35,42,44-45,49,58H,33H2,1-2H3,(H2,54,55,56,59,60)/t42-,44-,45-,49-/m1/s1. The van der Waals surface area contributed by atoms with Gasteiger partial charge in [0.2, 0.25) is 11.9 Å². The van der Waals surface area contributed by atoms with Crippen molar-refractivity contribution in [2.75, 3.05) is 11.9 Å². The maximum atomic E-state index is 13.4. The minimum absolute atomic E-state index is 0.00830. The van der Waals surface area contributed by atoms with Gasteiger partial charge in [0.15, 0.2) is 17.4 Å². The van der Waals surface area contributed by atoms with Gasteiger partial charge in [-0.05, 0) is 33.4 Å². The van der Waals surface area contributed by atoms with Crippen molar-refractivity contribution in [3.8, 4) is 0 Å². The molecule has 63 heavy (non-hydrogen) atoms. The largest absolute Gasteiger partial charge is 0.386 e. The van der Waals surface area contributed by atoms with Crippen molar-refractivity contribution >= 4 is 23.0 Å². The Labute approximate surface area is 365 Å². The van der Waals surface area contributed by atoms with Crippen molar-refractivity contribution in [2.45, 2.75) is 49.6 Å². The van der Waals surface area contributed by atoms with Gasteiger partial charge in [0.1, 0.15) is 29.5 Å². The highest BCUT2D eigenvalue weighted by atomic mass is 16.6. The van der Waals surface area contributed by atoms with E-state index >= 15 is 0 Å². The van der Waals surface area contributed by atoms with Crippen LogP contribution < -0.4 is 10.9 Å². The Morgan fingerprint density at radius 3 is 1.52 bits per heavy atom. The lowest BCUT2D eigenvalue weighted by molar-refractivity contribution is -0.131. The molecule has 11 nitrogen and oxygen atoms in total. The van der Waals surface area contributed by atoms with Crippen LogP contribution in [0.5, 0.6) is 0 Å². The number of carbonyl (C=O) groups excluding carboxylic acids is 1. The fourth-order valence-corrected chi connectivity index (χ4v) is 8.56. The van der Waals surface area contributed by atoms with Crippen LogP contribution in [-0.2, 0) is 30.2 Å². The third-order valence-corrected chi connectivity index (χ3v) is 11.6. The molecular formula is C52H47N5O6. The lowest BCUT2D eigenvalue weighted by Crippen LogP contribution is -2.46. The van der Waals surface area contributed by atoms with Gasteiger partial charge in [-0.2, -0.15) is 4.98 Å². The van der Waals surface area contributed by atoms with E-state index < -0.39 is 41.3 Å². The molecule has 11 heteroatoms. The van der Waals surface area contributed by atoms with E-state index in [0.29, 0.717) is 0 Å². The number of aliphatic hydroxyl groups is 1. The average Bonchev–Trinajstić information content (AvgIpc) is 3.90. The Balaban J connectivity index is 1.21. The molecule has 2 aromatic heterocycles. The molecule has 1 aliphatic rings. The van der Waals surface area contributed by atoms with Gasteiger partial charge in [0.25, 0.3) is 5.56 Å². The zero-order valence-electron chi connectivity index (χ0n) is 34.8. The van der Waals surface area contributed by atoms with E-state index in [1.54, 1.807) is 13.8 Å². The normalized spacial score (nSPS) is 17.8. The first-order valence-corrected chi connectivity index (χ1v) is 21.1. The van der Waals surface area contributed by atoms with E-state index in [4.69, 9.17) is 14.2 Å². The molecule has 316 valence electrons. The molecule has 0 radical (unpaired) electrons. The summed E-state index contributed by atoms with van der Waals surface area (Å²) in [6.45, 7) is 3.41. The third kappa shape index (κ3) is 7.76. The number of aromatic nitrogens is 4. The molecule has 0 saturated carbocycles. The molecule has 8 aromatic rings. The van der Waals surface area contributed by atoms with Gasteiger partial charge in [-0.1, -0.05) is 196 Å². The smallest absolute Gasteiger partial charge is 0.280 e. The molecule has 0 aliphatic carbocycles. The van der Waals surface area contributed by atoms with E-state index in [1.807, 2.05) is 182 Å². The number of aliphatic hydroxyl groups excluding tert-OH is 1. The second-order valence-electron chi connectivity index (χ2n) is 15.9. The number of fused-ring (bicyclic) bond motifs is 1. The van der Waals surface area contributed by atoms with Crippen molar-refractivity contribution in [1.29, 1.82) is 0 Å². The molecule has 3 heterocycles. The van der Waals surface area contributed by atoms with Crippen LogP contribution in [0.1, 0.15) is 53.5 Å². The Kier molecular flexibility index (Phi) is 11.7. The maximum absolute atomic E-state index is 13.4. The van der Waals surface area contributed by atoms with Gasteiger partial charge in [-0.15, -0.1) is 0 Å². The number of ether oxygens (including phenoxy) is 3. The maximum Gasteiger partial charge on any atom is 0.280 e. The number of amides is 1. The van der Waals surface area contributed by atoms with Crippen molar-refractivity contribution in [3.05, 3.63) is 232 Å². The van der Waals surface area contributed by atoms with Gasteiger partial charge in [-0.3, -0.25) is 24.5 Å². The van der Waals surface area contributed by atoms with E-state index in [0.717, 1.165) is 33.4 Å². The lowest BCUT2D eigenvalue weighted by Gasteiger charge is -2.41. The van der Waals surface area contributed by atoms with Crippen LogP contribution in [0.15, 0.2) is 193 Å². The molecule has 9 rings (SSSR count). The molecule has 1 saturated heterocycles. The second kappa shape index (κ2) is 17.8. The Morgan fingerprint density at radius 2 is 1.11 bits per heavy atom. The average molecular weight is 838 g/mol. The topological polar surface area (TPSA) is 141 Å². The Bertz CT molecular complexity index is 2630. The number of hydrogen-bond donors (Lipinski definition) is 3. The first-order chi connectivity index (χ1) is 30.8. The fourth-order valence-electron chi connectivity index (χ4n) is 8.56. The highest BCUT2D eigenvalue weighted by Gasteiger charge is 2.52. The predicted molar refractivity (Wildman–Crippen MR) is 241 cm³/mol. The minimum Gasteiger partial charge on any atom is -0.386 e. The molecule has 0 spiro atoms. The molecule has 6 aromatic carbocycles. The monoisotopic (exact) mass is 837 g/mol. The van der Waals surface area contributed by atoms with Gasteiger partial charge in [0, 0.05) is 5.92 Å². The van der Waals surface area contributed by atoms with Gasteiger partial charge in [0.05, 0.1) is 12.9 Å². The summed E-state index contributed by atoms with van der Waals surface area (Å²) in [6.07, 6.45) is -3.14. The van der Waals surface area contributed by atoms with E-state index in [1.165, 1.54) is 10.9 Å². The summed E-state index contributed by atoms with van der Waals surface area (Å²) in [7, 11) is 0. The van der Waals surface area contributed by atoms with Crippen LogP contribution in [0.3, 0.4) is 0 Å². The number of imidazole rings is 1. The summed E-state index contributed by atoms with van der Waals surface area (Å²) in [6, 6.07) is 59.9. The lowest BCUT2D eigenvalue weighted by atomic mass is 9.79. The summed E-state index contributed by atoms with van der Waals surface area (Å²) in [5.74, 6) is -0.754. The van der Waals surface area contributed by atoms with Crippen LogP contribution >= 0.6 is 0 Å². The number of carbonyl (C=O) groups is 1. The summed E-state index contributed by atoms with van der Waals surface area (Å²) in [5.41, 5.74) is 2.33. The Morgan fingerprint density at radius 1 is 0.698 bits per heavy atom. The van der Waals surface area contributed by atoms with Gasteiger partial charge >= 0.3 is 0 Å². The molecule has 0 bridgehead atoms. The van der Waals surface area contributed by atoms with Crippen LogP contribution in [0.25, 0.3) is 11.2 Å². The van der Waals surface area contributed by atoms with E-state index in [2.05, 4.69) is 20.3 Å². The highest BCUT2D eigenvalue weighted by molar-refractivity contribution is 5.91. The molecular weight excluding hydrogens is 791 g/mol. The number of nitrogens with one attached hydrogen (secondary N) is 2. The molecule has 3 N–H and O–H groups in total. The number of H-pyrrole nitrogens is 1. The zero-order chi connectivity index (χ0) is 43.4. The number of aromatic amines is 1. The number of nitrogens with zero attached hydrogens (tertiary/aromatic N) is 3. The number of benzene rings is 6. The Hall–Kier alpha value is -7.02. The van der Waals surface area contributed by atoms with Crippen LogP contribution in [0.4, 0.5) is 5.95 Å². The van der Waals surface area contributed by atoms with Crippen molar-refractivity contribution in [2.24, 2.45) is 5.92 Å². The zero-order valence-corrected chi connectivity index (χ0v) is 34.8. The molecule has 4 atom stereocenters. The molecule has 1 amide bonds. The van der Waals surface area contributed by atoms with Crippen LogP contribution in [0.2, 0.25) is 0 Å². The molecule has 1 fully saturated rings. The summed E-state index contributed by atoms with van der Waals surface area (Å²) >= 11 is 0. The third-order valence-electron chi connectivity index (χ3n) is 11.6. The highest BCUT2D eigenvalue weighted by Crippen LogP contribution is 2.47. The minimum atomic E-state index is -1.37. The molecule has 0 unspecified atom stereocenters. The first kappa shape index (κ1) is 41.3. The number of hydrogen-bond acceptors (Lipinski definition) is 8. The quantitative estimate of drug-likeness (QED) is 0.0929. The van der Waals surface area contributed by atoms with E-state index in [9.17, 15) is 14.7 Å². The predicted octanol–water partition coefficient (Wildman–Crippen LogP) is 8.36. The summed E-state index contributed by atoms with van der Waals surface area (Å²) in [5, 5.41) is 15.5. The number of rotatable bonds is 14. The van der Waals surface area contributed by atoms with Gasteiger partial charge < -0.3 is 19.3 Å². The SMILES string of the molecule is CC(C)C(=O)Nc1nc2c(ncn2[C@@H]2O[C@H](COC(c3ccccc3)(c3ccccc3)c3ccccc3)[C@@H](OC(c3ccccc3)(c3ccccc3)c3ccccc3)[C@H]2O)c(=O)[nH]1. The number of anilines is 1. The summed E-state index contributed by atoms with van der Waals surface area (Å²) < 4.78 is 23.5. The summed E-state index contributed by atoms with van der Waals surface area (Å²) in [4.78, 5) is 37.8. The van der Waals surface area contributed by atoms with E-state index in [-0.39, 0.29) is 35.5 Å². The van der Waals surface area contributed by atoms with Gasteiger partial charge in [-0.25, -0.2) is 4.98 Å². The van der Waals surface area contributed by atoms with Crippen molar-refractivity contribution in [3.63, 3.8) is 0 Å². The second-order valence-corrected chi connectivity index (χ2v) is 15.9. The molecule has 1 aliphatic heterocycles. The van der Waals surface area contributed by atoms with Crippen LogP contribution in [-0.4, -0.2) is 55.5 Å².